The standard InChI is InChI=1S/C15H14Cl2N2O4/c1-23-14(21)8-4-5-18-12(6-8)13(20)19(15(18)22)11-7-9(16)2-3-10(11)17/h2-3,7-8,12H,4-6H2,1H3/t8-,12+/m0/s1. The second-order valence-corrected chi connectivity index (χ2v) is 6.35. The summed E-state index contributed by atoms with van der Waals surface area (Å²) in [5.74, 6) is -1.13. The van der Waals surface area contributed by atoms with Crippen LogP contribution in [0.15, 0.2) is 18.2 Å². The number of rotatable bonds is 2. The van der Waals surface area contributed by atoms with Gasteiger partial charge in [-0.15, -0.1) is 0 Å². The number of benzene rings is 1. The Kier molecular flexibility index (Phi) is 4.21. The van der Waals surface area contributed by atoms with Gasteiger partial charge in [-0.3, -0.25) is 9.59 Å². The van der Waals surface area contributed by atoms with Crippen LogP contribution in [0.4, 0.5) is 10.5 Å². The maximum absolute atomic E-state index is 12.7. The molecular weight excluding hydrogens is 343 g/mol. The molecule has 2 fully saturated rings. The molecule has 8 heteroatoms. The predicted octanol–water partition coefficient (Wildman–Crippen LogP) is 2.71. The summed E-state index contributed by atoms with van der Waals surface area (Å²) >= 11 is 12.1. The van der Waals surface area contributed by atoms with Crippen LogP contribution in [0.5, 0.6) is 0 Å². The quantitative estimate of drug-likeness (QED) is 0.603. The molecule has 0 spiro atoms. The van der Waals surface area contributed by atoms with Crippen LogP contribution in [0.25, 0.3) is 0 Å². The van der Waals surface area contributed by atoms with E-state index in [0.717, 1.165) is 4.90 Å². The molecule has 0 saturated carbocycles. The number of methoxy groups -OCH3 is 1. The van der Waals surface area contributed by atoms with E-state index in [1.54, 1.807) is 6.07 Å². The average molecular weight is 357 g/mol. The van der Waals surface area contributed by atoms with Crippen LogP contribution in [-0.2, 0) is 14.3 Å². The van der Waals surface area contributed by atoms with Gasteiger partial charge in [-0.2, -0.15) is 0 Å². The topological polar surface area (TPSA) is 66.9 Å². The van der Waals surface area contributed by atoms with E-state index < -0.39 is 18.0 Å². The first kappa shape index (κ1) is 16.1. The van der Waals surface area contributed by atoms with Crippen LogP contribution in [0.2, 0.25) is 10.0 Å². The number of amides is 3. The van der Waals surface area contributed by atoms with Crippen molar-refractivity contribution in [1.29, 1.82) is 0 Å². The number of anilines is 1. The van der Waals surface area contributed by atoms with Gasteiger partial charge >= 0.3 is 12.0 Å². The van der Waals surface area contributed by atoms with Crippen molar-refractivity contribution in [2.24, 2.45) is 5.92 Å². The molecule has 2 saturated heterocycles. The minimum absolute atomic E-state index is 0.256. The molecule has 2 aliphatic rings. The number of halogens is 2. The highest BCUT2D eigenvalue weighted by molar-refractivity contribution is 6.37. The van der Waals surface area contributed by atoms with Gasteiger partial charge < -0.3 is 9.64 Å². The number of esters is 1. The van der Waals surface area contributed by atoms with Crippen molar-refractivity contribution in [3.63, 3.8) is 0 Å². The number of hydrogen-bond donors (Lipinski definition) is 0. The minimum Gasteiger partial charge on any atom is -0.469 e. The molecule has 0 bridgehead atoms. The highest BCUT2D eigenvalue weighted by Gasteiger charge is 2.50. The van der Waals surface area contributed by atoms with Gasteiger partial charge in [0.1, 0.15) is 6.04 Å². The molecule has 122 valence electrons. The lowest BCUT2D eigenvalue weighted by Crippen LogP contribution is -2.44. The van der Waals surface area contributed by atoms with E-state index >= 15 is 0 Å². The fourth-order valence-electron chi connectivity index (χ4n) is 3.06. The van der Waals surface area contributed by atoms with Crippen molar-refractivity contribution in [2.75, 3.05) is 18.6 Å². The number of carbonyl (C=O) groups excluding carboxylic acids is 3. The molecule has 0 N–H and O–H groups in total. The van der Waals surface area contributed by atoms with E-state index in [-0.39, 0.29) is 29.0 Å². The molecule has 1 aromatic rings. The summed E-state index contributed by atoms with van der Waals surface area (Å²) in [6.07, 6.45) is 0.727. The number of piperidine rings is 1. The van der Waals surface area contributed by atoms with E-state index in [1.165, 1.54) is 24.1 Å². The molecule has 23 heavy (non-hydrogen) atoms. The maximum Gasteiger partial charge on any atom is 0.332 e. The summed E-state index contributed by atoms with van der Waals surface area (Å²) in [6.45, 7) is 0.323. The lowest BCUT2D eigenvalue weighted by molar-refractivity contribution is -0.147. The molecule has 2 atom stereocenters. The number of carbonyl (C=O) groups is 3. The van der Waals surface area contributed by atoms with Crippen LogP contribution in [-0.4, -0.2) is 42.5 Å². The Morgan fingerprint density at radius 1 is 1.30 bits per heavy atom. The Morgan fingerprint density at radius 2 is 2.04 bits per heavy atom. The second-order valence-electron chi connectivity index (χ2n) is 5.51. The normalized spacial score (nSPS) is 24.0. The molecule has 3 amide bonds. The predicted molar refractivity (Wildman–Crippen MR) is 84.6 cm³/mol. The van der Waals surface area contributed by atoms with Crippen LogP contribution in [0, 0.1) is 5.92 Å². The number of ether oxygens (including phenoxy) is 1. The number of nitrogens with zero attached hydrogens (tertiary/aromatic N) is 2. The Bertz CT molecular complexity index is 694. The largest absolute Gasteiger partial charge is 0.469 e. The summed E-state index contributed by atoms with van der Waals surface area (Å²) < 4.78 is 4.74. The fourth-order valence-corrected chi connectivity index (χ4v) is 3.43. The van der Waals surface area contributed by atoms with Gasteiger partial charge in [0.2, 0.25) is 0 Å². The minimum atomic E-state index is -0.671. The lowest BCUT2D eigenvalue weighted by Gasteiger charge is -2.30. The van der Waals surface area contributed by atoms with Crippen LogP contribution >= 0.6 is 23.2 Å². The van der Waals surface area contributed by atoms with E-state index in [2.05, 4.69) is 0 Å². The molecule has 0 aliphatic carbocycles. The lowest BCUT2D eigenvalue weighted by atomic mass is 9.91. The highest BCUT2D eigenvalue weighted by Crippen LogP contribution is 2.37. The zero-order valence-corrected chi connectivity index (χ0v) is 13.8. The summed E-state index contributed by atoms with van der Waals surface area (Å²) in [4.78, 5) is 39.5. The highest BCUT2D eigenvalue weighted by atomic mass is 35.5. The molecule has 3 rings (SSSR count). The number of hydrogen-bond acceptors (Lipinski definition) is 4. The Balaban J connectivity index is 1.91. The van der Waals surface area contributed by atoms with Crippen LogP contribution < -0.4 is 4.90 Å². The van der Waals surface area contributed by atoms with Gasteiger partial charge in [0, 0.05) is 11.6 Å². The summed E-state index contributed by atoms with van der Waals surface area (Å²) in [5, 5.41) is 0.641. The monoisotopic (exact) mass is 356 g/mol. The molecule has 0 radical (unpaired) electrons. The molecular formula is C15H14Cl2N2O4. The third kappa shape index (κ3) is 2.66. The SMILES string of the molecule is COC(=O)[C@H]1CCN2C(=O)N(c3cc(Cl)ccc3Cl)C(=O)[C@H]2C1. The van der Waals surface area contributed by atoms with Gasteiger partial charge in [-0.25, -0.2) is 9.69 Å². The maximum atomic E-state index is 12.7. The van der Waals surface area contributed by atoms with Crippen molar-refractivity contribution < 1.29 is 19.1 Å². The van der Waals surface area contributed by atoms with Gasteiger partial charge in [0.25, 0.3) is 5.91 Å². The van der Waals surface area contributed by atoms with Crippen molar-refractivity contribution in [3.8, 4) is 0 Å². The number of imide groups is 1. The van der Waals surface area contributed by atoms with Crippen molar-refractivity contribution in [2.45, 2.75) is 18.9 Å². The van der Waals surface area contributed by atoms with Gasteiger partial charge in [0.15, 0.2) is 0 Å². The zero-order valence-electron chi connectivity index (χ0n) is 12.3. The summed E-state index contributed by atoms with van der Waals surface area (Å²) in [7, 11) is 1.31. The number of fused-ring (bicyclic) bond motifs is 1. The first-order valence-corrected chi connectivity index (χ1v) is 7.87. The second kappa shape index (κ2) is 6.02. The molecule has 0 aromatic heterocycles. The molecule has 2 heterocycles. The van der Waals surface area contributed by atoms with E-state index in [0.29, 0.717) is 18.0 Å². The van der Waals surface area contributed by atoms with E-state index in [9.17, 15) is 14.4 Å². The van der Waals surface area contributed by atoms with E-state index in [4.69, 9.17) is 27.9 Å². The Hall–Kier alpha value is -1.79. The van der Waals surface area contributed by atoms with Crippen LogP contribution in [0.3, 0.4) is 0 Å². The van der Waals surface area contributed by atoms with Gasteiger partial charge in [-0.05, 0) is 31.0 Å². The van der Waals surface area contributed by atoms with Crippen molar-refractivity contribution >= 4 is 46.8 Å². The first-order valence-electron chi connectivity index (χ1n) is 7.11. The Labute approximate surface area is 142 Å². The zero-order chi connectivity index (χ0) is 16.7. The summed E-state index contributed by atoms with van der Waals surface area (Å²) in [5.41, 5.74) is 0.262. The molecule has 1 aromatic carbocycles. The molecule has 2 aliphatic heterocycles. The van der Waals surface area contributed by atoms with E-state index in [1.807, 2.05) is 0 Å². The third-order valence-corrected chi connectivity index (χ3v) is 4.78. The van der Waals surface area contributed by atoms with Crippen molar-refractivity contribution in [3.05, 3.63) is 28.2 Å². The van der Waals surface area contributed by atoms with Crippen LogP contribution in [0.1, 0.15) is 12.8 Å². The van der Waals surface area contributed by atoms with Gasteiger partial charge in [-0.1, -0.05) is 23.2 Å². The first-order chi connectivity index (χ1) is 10.9. The smallest absolute Gasteiger partial charge is 0.332 e. The average Bonchev–Trinajstić information content (AvgIpc) is 2.80. The molecule has 0 unspecified atom stereocenters. The summed E-state index contributed by atoms with van der Waals surface area (Å²) in [6, 6.07) is 3.49. The fraction of sp³-hybridized carbons (Fsp3) is 0.400. The third-order valence-electron chi connectivity index (χ3n) is 4.23. The Morgan fingerprint density at radius 3 is 2.74 bits per heavy atom. The number of urea groups is 1. The van der Waals surface area contributed by atoms with Gasteiger partial charge in [0.05, 0.1) is 23.7 Å². The van der Waals surface area contributed by atoms with Crippen molar-refractivity contribution in [1.82, 2.24) is 4.90 Å². The molecule has 6 nitrogen and oxygen atoms in total.